The molecule has 0 bridgehead atoms. The Balaban J connectivity index is 1.91. The lowest BCUT2D eigenvalue weighted by atomic mass is 10.3. The van der Waals surface area contributed by atoms with E-state index in [1.165, 1.54) is 12.3 Å². The molecule has 1 heterocycles. The predicted molar refractivity (Wildman–Crippen MR) is 76.5 cm³/mol. The first-order chi connectivity index (χ1) is 9.47. The van der Waals surface area contributed by atoms with Crippen LogP contribution in [0.3, 0.4) is 0 Å². The maximum absolute atomic E-state index is 11.7. The Morgan fingerprint density at radius 1 is 1.25 bits per heavy atom. The summed E-state index contributed by atoms with van der Waals surface area (Å²) in [4.78, 5) is 11.6. The van der Waals surface area contributed by atoms with Crippen molar-refractivity contribution in [3.05, 3.63) is 41.0 Å². The van der Waals surface area contributed by atoms with Gasteiger partial charge in [0.2, 0.25) is 5.91 Å². The molecule has 0 saturated heterocycles. The third-order valence-electron chi connectivity index (χ3n) is 2.32. The smallest absolute Gasteiger partial charge is 0.257 e. The minimum atomic E-state index is -3.75. The second kappa shape index (κ2) is 6.16. The third kappa shape index (κ3) is 3.89. The number of hydrogen-bond acceptors (Lipinski definition) is 4. The molecule has 7 nitrogen and oxygen atoms in total. The normalized spacial score (nSPS) is 11.2. The van der Waals surface area contributed by atoms with Crippen LogP contribution in [0.25, 0.3) is 0 Å². The first kappa shape index (κ1) is 14.7. The van der Waals surface area contributed by atoms with Crippen molar-refractivity contribution in [2.45, 2.75) is 5.03 Å². The third-order valence-corrected chi connectivity index (χ3v) is 4.17. The zero-order valence-corrected chi connectivity index (χ0v) is 12.5. The van der Waals surface area contributed by atoms with Gasteiger partial charge in [-0.25, -0.2) is 13.1 Å². The number of hydrogen-bond donors (Lipinski definition) is 3. The molecule has 106 valence electrons. The molecule has 1 amide bonds. The van der Waals surface area contributed by atoms with Crippen molar-refractivity contribution < 1.29 is 13.2 Å². The van der Waals surface area contributed by atoms with Crippen LogP contribution < -0.4 is 10.0 Å². The monoisotopic (exact) mass is 358 g/mol. The average molecular weight is 359 g/mol. The fraction of sp³-hybridized carbons (Fsp3) is 0.0909. The zero-order valence-electron chi connectivity index (χ0n) is 10.1. The van der Waals surface area contributed by atoms with Gasteiger partial charge in [-0.15, -0.1) is 0 Å². The van der Waals surface area contributed by atoms with E-state index >= 15 is 0 Å². The van der Waals surface area contributed by atoms with Crippen molar-refractivity contribution in [2.75, 3.05) is 11.9 Å². The largest absolute Gasteiger partial charge is 0.325 e. The van der Waals surface area contributed by atoms with Crippen molar-refractivity contribution >= 4 is 37.5 Å². The Bertz CT molecular complexity index is 683. The minimum Gasteiger partial charge on any atom is -0.325 e. The van der Waals surface area contributed by atoms with Crippen LogP contribution in [0, 0.1) is 0 Å². The first-order valence-electron chi connectivity index (χ1n) is 5.52. The molecule has 20 heavy (non-hydrogen) atoms. The molecule has 0 aliphatic rings. The fourth-order valence-electron chi connectivity index (χ4n) is 1.37. The highest BCUT2D eigenvalue weighted by atomic mass is 79.9. The van der Waals surface area contributed by atoms with Gasteiger partial charge in [0.05, 0.1) is 12.7 Å². The van der Waals surface area contributed by atoms with Crippen molar-refractivity contribution in [1.29, 1.82) is 0 Å². The van der Waals surface area contributed by atoms with Gasteiger partial charge >= 0.3 is 0 Å². The molecule has 0 atom stereocenters. The van der Waals surface area contributed by atoms with Gasteiger partial charge in [-0.05, 0) is 30.3 Å². The Hall–Kier alpha value is -1.71. The molecule has 0 aliphatic carbocycles. The van der Waals surface area contributed by atoms with Crippen LogP contribution in [0.2, 0.25) is 0 Å². The highest BCUT2D eigenvalue weighted by molar-refractivity contribution is 9.10. The first-order valence-corrected chi connectivity index (χ1v) is 7.79. The van der Waals surface area contributed by atoms with E-state index in [1.54, 1.807) is 24.3 Å². The van der Waals surface area contributed by atoms with E-state index in [0.29, 0.717) is 5.69 Å². The highest BCUT2D eigenvalue weighted by Crippen LogP contribution is 2.13. The topological polar surface area (TPSA) is 104 Å². The number of carbonyl (C=O) groups excluding carboxylic acids is 1. The maximum Gasteiger partial charge on any atom is 0.257 e. The van der Waals surface area contributed by atoms with Gasteiger partial charge in [-0.1, -0.05) is 15.9 Å². The van der Waals surface area contributed by atoms with Gasteiger partial charge < -0.3 is 5.32 Å². The summed E-state index contributed by atoms with van der Waals surface area (Å²) in [6, 6.07) is 8.24. The van der Waals surface area contributed by atoms with E-state index in [-0.39, 0.29) is 11.6 Å². The van der Waals surface area contributed by atoms with Crippen LogP contribution in [0.4, 0.5) is 5.69 Å². The number of carbonyl (C=O) groups is 1. The summed E-state index contributed by atoms with van der Waals surface area (Å²) in [5.41, 5.74) is 0.582. The summed E-state index contributed by atoms with van der Waals surface area (Å²) in [6.45, 7) is -0.364. The molecule has 2 rings (SSSR count). The van der Waals surface area contributed by atoms with E-state index in [4.69, 9.17) is 0 Å². The fourth-order valence-corrected chi connectivity index (χ4v) is 2.52. The van der Waals surface area contributed by atoms with Crippen LogP contribution in [0.15, 0.2) is 46.0 Å². The average Bonchev–Trinajstić information content (AvgIpc) is 2.94. The van der Waals surface area contributed by atoms with Crippen molar-refractivity contribution in [1.82, 2.24) is 14.9 Å². The second-order valence-corrected chi connectivity index (χ2v) is 6.45. The van der Waals surface area contributed by atoms with Crippen LogP contribution >= 0.6 is 15.9 Å². The lowest BCUT2D eigenvalue weighted by molar-refractivity contribution is -0.115. The Kier molecular flexibility index (Phi) is 4.53. The maximum atomic E-state index is 11.7. The zero-order chi connectivity index (χ0) is 14.6. The summed E-state index contributed by atoms with van der Waals surface area (Å²) in [5, 5.41) is 8.35. The van der Waals surface area contributed by atoms with Gasteiger partial charge in [-0.3, -0.25) is 9.89 Å². The van der Waals surface area contributed by atoms with Crippen molar-refractivity contribution in [3.63, 3.8) is 0 Å². The van der Waals surface area contributed by atoms with E-state index in [0.717, 1.165) is 4.47 Å². The number of aromatic nitrogens is 2. The van der Waals surface area contributed by atoms with E-state index in [1.807, 2.05) is 0 Å². The number of nitrogens with one attached hydrogen (secondary N) is 3. The summed E-state index contributed by atoms with van der Waals surface area (Å²) in [5.74, 6) is -0.463. The Labute approximate surface area is 124 Å². The van der Waals surface area contributed by atoms with Crippen molar-refractivity contribution in [3.8, 4) is 0 Å². The van der Waals surface area contributed by atoms with E-state index < -0.39 is 15.9 Å². The van der Waals surface area contributed by atoms with Crippen LogP contribution in [0.1, 0.15) is 0 Å². The number of benzene rings is 1. The molecule has 1 aromatic heterocycles. The number of nitrogens with zero attached hydrogens (tertiary/aromatic N) is 1. The van der Waals surface area contributed by atoms with Gasteiger partial charge in [0.25, 0.3) is 10.0 Å². The lowest BCUT2D eigenvalue weighted by Crippen LogP contribution is -2.33. The lowest BCUT2D eigenvalue weighted by Gasteiger charge is -2.06. The van der Waals surface area contributed by atoms with E-state index in [9.17, 15) is 13.2 Å². The summed E-state index contributed by atoms with van der Waals surface area (Å²) < 4.78 is 26.5. The van der Waals surface area contributed by atoms with Crippen LogP contribution in [-0.4, -0.2) is 31.1 Å². The van der Waals surface area contributed by atoms with Crippen LogP contribution in [0.5, 0.6) is 0 Å². The van der Waals surface area contributed by atoms with Gasteiger partial charge in [0.1, 0.15) is 0 Å². The number of anilines is 1. The number of halogens is 1. The Morgan fingerprint density at radius 2 is 1.95 bits per heavy atom. The molecule has 2 aromatic rings. The molecule has 0 saturated carbocycles. The molecule has 0 aliphatic heterocycles. The quantitative estimate of drug-likeness (QED) is 0.743. The number of H-pyrrole nitrogens is 1. The standard InChI is InChI=1S/C11H11BrN4O3S/c12-8-1-3-9(4-2-8)15-10(17)7-14-20(18,19)11-5-6-13-16-11/h1-6,14H,7H2,(H,13,16)(H,15,17). The molecule has 0 fully saturated rings. The van der Waals surface area contributed by atoms with Crippen molar-refractivity contribution in [2.24, 2.45) is 0 Å². The van der Waals surface area contributed by atoms with Gasteiger partial charge in [0, 0.05) is 10.2 Å². The molecule has 3 N–H and O–H groups in total. The molecule has 0 unspecified atom stereocenters. The molecule has 9 heteroatoms. The van der Waals surface area contributed by atoms with Crippen LogP contribution in [-0.2, 0) is 14.8 Å². The summed E-state index contributed by atoms with van der Waals surface area (Å²) in [7, 11) is -3.75. The number of rotatable bonds is 5. The highest BCUT2D eigenvalue weighted by Gasteiger charge is 2.16. The minimum absolute atomic E-state index is 0.0889. The van der Waals surface area contributed by atoms with Gasteiger partial charge in [0.15, 0.2) is 5.03 Å². The summed E-state index contributed by atoms with van der Waals surface area (Å²) >= 11 is 3.28. The second-order valence-electron chi connectivity index (χ2n) is 3.80. The molecule has 1 aromatic carbocycles. The summed E-state index contributed by atoms with van der Waals surface area (Å²) in [6.07, 6.45) is 1.32. The molecular weight excluding hydrogens is 348 g/mol. The predicted octanol–water partition coefficient (Wildman–Crippen LogP) is 1.09. The molecule has 0 radical (unpaired) electrons. The number of sulfonamides is 1. The van der Waals surface area contributed by atoms with E-state index in [2.05, 4.69) is 36.2 Å². The SMILES string of the molecule is O=C(CNS(=O)(=O)c1ccn[nH]1)Nc1ccc(Br)cc1. The van der Waals surface area contributed by atoms with Gasteiger partial charge in [-0.2, -0.15) is 5.10 Å². The molecular formula is C11H11BrN4O3S. The molecule has 0 spiro atoms. The number of aromatic amines is 1. The number of amides is 1. The Morgan fingerprint density at radius 3 is 2.55 bits per heavy atom.